The number of nitroso groups, excluding NO2 is 1. The summed E-state index contributed by atoms with van der Waals surface area (Å²) in [7, 11) is 0. The zero-order valence-electron chi connectivity index (χ0n) is 10.9. The molecular formula is C14H11NO5. The molecule has 1 aliphatic rings. The van der Waals surface area contributed by atoms with E-state index in [1.165, 1.54) is 12.1 Å². The van der Waals surface area contributed by atoms with Crippen LogP contribution in [0.15, 0.2) is 26.5 Å². The zero-order valence-corrected chi connectivity index (χ0v) is 10.9. The molecule has 0 aliphatic carbocycles. The summed E-state index contributed by atoms with van der Waals surface area (Å²) in [5.41, 5.74) is 0.360. The smallest absolute Gasteiger partial charge is 0.336 e. The number of nitrogens with zero attached hydrogens (tertiary/aromatic N) is 1. The fraction of sp³-hybridized carbons (Fsp3) is 0.286. The summed E-state index contributed by atoms with van der Waals surface area (Å²) < 4.78 is 10.7. The third-order valence-electron chi connectivity index (χ3n) is 3.33. The van der Waals surface area contributed by atoms with Crippen LogP contribution < -0.4 is 10.4 Å². The molecule has 1 atom stereocenters. The largest absolute Gasteiger partial charge is 0.489 e. The van der Waals surface area contributed by atoms with Gasteiger partial charge in [-0.05, 0) is 24.6 Å². The first-order valence-electron chi connectivity index (χ1n) is 6.16. The first-order valence-corrected chi connectivity index (χ1v) is 6.16. The molecule has 6 heteroatoms. The van der Waals surface area contributed by atoms with Crippen LogP contribution in [0.25, 0.3) is 11.0 Å². The van der Waals surface area contributed by atoms with Gasteiger partial charge in [0, 0.05) is 18.6 Å². The number of rotatable bonds is 1. The van der Waals surface area contributed by atoms with Crippen LogP contribution in [0.2, 0.25) is 0 Å². The molecule has 1 aromatic heterocycles. The molecule has 0 saturated heterocycles. The van der Waals surface area contributed by atoms with Crippen LogP contribution in [0.1, 0.15) is 29.3 Å². The van der Waals surface area contributed by atoms with Crippen LogP contribution in [0.3, 0.4) is 0 Å². The molecule has 0 saturated carbocycles. The van der Waals surface area contributed by atoms with Gasteiger partial charge in [-0.2, -0.15) is 0 Å². The average molecular weight is 273 g/mol. The van der Waals surface area contributed by atoms with Crippen molar-refractivity contribution in [3.8, 4) is 5.75 Å². The number of hydrogen-bond acceptors (Lipinski definition) is 6. The maximum atomic E-state index is 12.2. The number of benzene rings is 1. The number of Topliss-reactive ketones (excluding diaryl/α,β-unsaturated/α-hetero) is 1. The second-order valence-electron chi connectivity index (χ2n) is 4.87. The van der Waals surface area contributed by atoms with E-state index in [9.17, 15) is 14.5 Å². The van der Waals surface area contributed by atoms with Crippen LogP contribution in [-0.4, -0.2) is 11.9 Å². The van der Waals surface area contributed by atoms with E-state index in [-0.39, 0.29) is 40.9 Å². The van der Waals surface area contributed by atoms with Gasteiger partial charge >= 0.3 is 5.63 Å². The Balaban J connectivity index is 2.51. The van der Waals surface area contributed by atoms with Crippen molar-refractivity contribution in [3.05, 3.63) is 38.6 Å². The highest BCUT2D eigenvalue weighted by Gasteiger charge is 2.29. The number of fused-ring (bicyclic) bond motifs is 3. The maximum Gasteiger partial charge on any atom is 0.336 e. The minimum absolute atomic E-state index is 0.0824. The average Bonchev–Trinajstić information content (AvgIpc) is 2.35. The van der Waals surface area contributed by atoms with Gasteiger partial charge in [0.05, 0.1) is 5.39 Å². The van der Waals surface area contributed by atoms with Gasteiger partial charge in [0.25, 0.3) is 0 Å². The molecule has 1 unspecified atom stereocenters. The second-order valence-corrected chi connectivity index (χ2v) is 4.87. The molecular weight excluding hydrogens is 262 g/mol. The third kappa shape index (κ3) is 1.72. The van der Waals surface area contributed by atoms with Crippen LogP contribution in [0.5, 0.6) is 5.75 Å². The van der Waals surface area contributed by atoms with E-state index in [0.717, 1.165) is 0 Å². The maximum absolute atomic E-state index is 12.2. The summed E-state index contributed by atoms with van der Waals surface area (Å²) in [5, 5.41) is 3.32. The molecule has 2 aromatic rings. The molecule has 0 bridgehead atoms. The molecule has 0 radical (unpaired) electrons. The number of ketones is 1. The quantitative estimate of drug-likeness (QED) is 0.589. The number of ether oxygens (including phenoxy) is 1. The van der Waals surface area contributed by atoms with Crippen molar-refractivity contribution < 1.29 is 13.9 Å². The minimum Gasteiger partial charge on any atom is -0.489 e. The van der Waals surface area contributed by atoms with Gasteiger partial charge < -0.3 is 9.15 Å². The van der Waals surface area contributed by atoms with E-state index in [0.29, 0.717) is 10.9 Å². The fourth-order valence-corrected chi connectivity index (χ4v) is 2.53. The van der Waals surface area contributed by atoms with Crippen molar-refractivity contribution in [2.45, 2.75) is 26.4 Å². The van der Waals surface area contributed by atoms with E-state index in [4.69, 9.17) is 9.15 Å². The second kappa shape index (κ2) is 4.26. The number of hydrogen-bond donors (Lipinski definition) is 0. The first kappa shape index (κ1) is 12.5. The van der Waals surface area contributed by atoms with Crippen LogP contribution in [0, 0.1) is 11.8 Å². The molecule has 0 amide bonds. The Labute approximate surface area is 113 Å². The zero-order chi connectivity index (χ0) is 14.4. The summed E-state index contributed by atoms with van der Waals surface area (Å²) in [5.74, 6) is 0.0690. The third-order valence-corrected chi connectivity index (χ3v) is 3.33. The Morgan fingerprint density at radius 2 is 2.05 bits per heavy atom. The predicted octanol–water partition coefficient (Wildman–Crippen LogP) is 2.85. The molecule has 3 rings (SSSR count). The SMILES string of the molecule is Cc1cc(=O)oc2c3c(cc(N=O)c12)OC(C)CC3=O. The van der Waals surface area contributed by atoms with Gasteiger partial charge in [0.2, 0.25) is 0 Å². The lowest BCUT2D eigenvalue weighted by Crippen LogP contribution is -2.24. The molecule has 20 heavy (non-hydrogen) atoms. The monoisotopic (exact) mass is 273 g/mol. The van der Waals surface area contributed by atoms with Gasteiger partial charge in [-0.1, -0.05) is 0 Å². The van der Waals surface area contributed by atoms with Crippen molar-refractivity contribution >= 4 is 22.4 Å². The Morgan fingerprint density at radius 3 is 2.75 bits per heavy atom. The highest BCUT2D eigenvalue weighted by atomic mass is 16.5. The first-order chi connectivity index (χ1) is 9.51. The standard InChI is InChI=1S/C14H11NO5/c1-6-3-11(17)20-14-12(6)8(15-18)5-10-13(14)9(16)4-7(2)19-10/h3,5,7H,4H2,1-2H3. The summed E-state index contributed by atoms with van der Waals surface area (Å²) in [4.78, 5) is 34.7. The lowest BCUT2D eigenvalue weighted by Gasteiger charge is -2.23. The predicted molar refractivity (Wildman–Crippen MR) is 71.7 cm³/mol. The number of aryl methyl sites for hydroxylation is 1. The van der Waals surface area contributed by atoms with E-state index >= 15 is 0 Å². The molecule has 0 spiro atoms. The summed E-state index contributed by atoms with van der Waals surface area (Å²) in [6, 6.07) is 2.69. The van der Waals surface area contributed by atoms with Crippen molar-refractivity contribution in [1.82, 2.24) is 0 Å². The topological polar surface area (TPSA) is 85.9 Å². The molecule has 102 valence electrons. The molecule has 0 fully saturated rings. The molecule has 1 aliphatic heterocycles. The number of carbonyl (C=O) groups excluding carboxylic acids is 1. The van der Waals surface area contributed by atoms with E-state index in [1.54, 1.807) is 13.8 Å². The van der Waals surface area contributed by atoms with Gasteiger partial charge in [0.15, 0.2) is 11.4 Å². The van der Waals surface area contributed by atoms with Crippen molar-refractivity contribution in [3.63, 3.8) is 0 Å². The molecule has 0 N–H and O–H groups in total. The molecule has 2 heterocycles. The van der Waals surface area contributed by atoms with Crippen molar-refractivity contribution in [2.24, 2.45) is 5.18 Å². The van der Waals surface area contributed by atoms with Gasteiger partial charge in [0.1, 0.15) is 23.1 Å². The molecule has 6 nitrogen and oxygen atoms in total. The Morgan fingerprint density at radius 1 is 1.30 bits per heavy atom. The van der Waals surface area contributed by atoms with Crippen LogP contribution in [0.4, 0.5) is 5.69 Å². The van der Waals surface area contributed by atoms with Crippen molar-refractivity contribution in [1.29, 1.82) is 0 Å². The highest BCUT2D eigenvalue weighted by molar-refractivity contribution is 6.12. The Bertz CT molecular complexity index is 805. The highest BCUT2D eigenvalue weighted by Crippen LogP contribution is 2.40. The molecule has 1 aromatic carbocycles. The van der Waals surface area contributed by atoms with Crippen LogP contribution in [-0.2, 0) is 0 Å². The summed E-state index contributed by atoms with van der Waals surface area (Å²) in [6.07, 6.45) is -0.0864. The fourth-order valence-electron chi connectivity index (χ4n) is 2.53. The van der Waals surface area contributed by atoms with Gasteiger partial charge in [-0.3, -0.25) is 4.79 Å². The van der Waals surface area contributed by atoms with E-state index in [1.807, 2.05) is 0 Å². The Hall–Kier alpha value is -2.50. The Kier molecular flexibility index (Phi) is 2.67. The van der Waals surface area contributed by atoms with E-state index < -0.39 is 5.63 Å². The normalized spacial score (nSPS) is 17.7. The lowest BCUT2D eigenvalue weighted by molar-refractivity contribution is 0.0872. The van der Waals surface area contributed by atoms with Gasteiger partial charge in [-0.15, -0.1) is 4.91 Å². The number of carbonyl (C=O) groups is 1. The van der Waals surface area contributed by atoms with Crippen LogP contribution >= 0.6 is 0 Å². The van der Waals surface area contributed by atoms with E-state index in [2.05, 4.69) is 5.18 Å². The summed E-state index contributed by atoms with van der Waals surface area (Å²) in [6.45, 7) is 3.42. The summed E-state index contributed by atoms with van der Waals surface area (Å²) >= 11 is 0. The lowest BCUT2D eigenvalue weighted by atomic mass is 9.96. The van der Waals surface area contributed by atoms with Gasteiger partial charge in [-0.25, -0.2) is 4.79 Å². The van der Waals surface area contributed by atoms with Crippen molar-refractivity contribution in [2.75, 3.05) is 0 Å². The minimum atomic E-state index is -0.577.